The average Bonchev–Trinajstić information content (AvgIpc) is 2.43. The van der Waals surface area contributed by atoms with Crippen LogP contribution in [0.1, 0.15) is 67.2 Å². The van der Waals surface area contributed by atoms with Gasteiger partial charge < -0.3 is 4.43 Å². The standard InChI is InChI=1S/C22H42OSi/c1-11-13-15-20(19(3)4)16-18-22(8,17-14-12-2)23-24(9,10)21(5,6)7/h11-12,16,18-20H,1-2,13-15,17H2,3-10H3/b18-16+/t20-,22-/m0/s1. The summed E-state index contributed by atoms with van der Waals surface area (Å²) in [7, 11) is -1.82. The molecule has 0 heterocycles. The summed E-state index contributed by atoms with van der Waals surface area (Å²) in [5.74, 6) is 1.21. The summed E-state index contributed by atoms with van der Waals surface area (Å²) in [6.07, 6.45) is 13.0. The van der Waals surface area contributed by atoms with E-state index in [1.54, 1.807) is 0 Å². The lowest BCUT2D eigenvalue weighted by Gasteiger charge is -2.43. The van der Waals surface area contributed by atoms with Crippen LogP contribution in [0.2, 0.25) is 18.1 Å². The number of rotatable bonds is 11. The zero-order valence-electron chi connectivity index (χ0n) is 17.6. The maximum Gasteiger partial charge on any atom is 0.193 e. The summed E-state index contributed by atoms with van der Waals surface area (Å²) < 4.78 is 6.81. The molecule has 0 saturated heterocycles. The van der Waals surface area contributed by atoms with Gasteiger partial charge in [-0.05, 0) is 62.6 Å². The van der Waals surface area contributed by atoms with Crippen molar-refractivity contribution in [3.8, 4) is 0 Å². The van der Waals surface area contributed by atoms with Crippen molar-refractivity contribution in [3.63, 3.8) is 0 Å². The third kappa shape index (κ3) is 7.98. The highest BCUT2D eigenvalue weighted by atomic mass is 28.4. The molecule has 2 atom stereocenters. The zero-order valence-corrected chi connectivity index (χ0v) is 18.6. The molecule has 0 unspecified atom stereocenters. The van der Waals surface area contributed by atoms with Crippen LogP contribution >= 0.6 is 0 Å². The Morgan fingerprint density at radius 2 is 1.54 bits per heavy atom. The molecule has 0 fully saturated rings. The number of hydrogen-bond donors (Lipinski definition) is 0. The van der Waals surface area contributed by atoms with E-state index in [9.17, 15) is 0 Å². The molecular formula is C22H42OSi. The lowest BCUT2D eigenvalue weighted by atomic mass is 9.88. The highest BCUT2D eigenvalue weighted by Gasteiger charge is 2.41. The van der Waals surface area contributed by atoms with Crippen molar-refractivity contribution >= 4 is 8.32 Å². The first kappa shape index (κ1) is 23.4. The van der Waals surface area contributed by atoms with Crippen LogP contribution in [0.3, 0.4) is 0 Å². The van der Waals surface area contributed by atoms with Crippen molar-refractivity contribution in [1.29, 1.82) is 0 Å². The largest absolute Gasteiger partial charge is 0.408 e. The molecule has 0 spiro atoms. The molecule has 0 bridgehead atoms. The van der Waals surface area contributed by atoms with Gasteiger partial charge in [0.25, 0.3) is 0 Å². The van der Waals surface area contributed by atoms with Gasteiger partial charge in [-0.1, -0.05) is 58.9 Å². The second-order valence-electron chi connectivity index (χ2n) is 9.14. The smallest absolute Gasteiger partial charge is 0.193 e. The Hall–Kier alpha value is -0.603. The van der Waals surface area contributed by atoms with Crippen LogP contribution in [0.5, 0.6) is 0 Å². The fraction of sp³-hybridized carbons (Fsp3) is 0.727. The van der Waals surface area contributed by atoms with Crippen LogP contribution in [0, 0.1) is 11.8 Å². The molecule has 0 saturated carbocycles. The van der Waals surface area contributed by atoms with Gasteiger partial charge in [-0.25, -0.2) is 0 Å². The molecule has 0 N–H and O–H groups in total. The minimum absolute atomic E-state index is 0.210. The second-order valence-corrected chi connectivity index (χ2v) is 13.9. The number of hydrogen-bond acceptors (Lipinski definition) is 1. The molecule has 0 aromatic heterocycles. The molecule has 0 amide bonds. The highest BCUT2D eigenvalue weighted by Crippen LogP contribution is 2.40. The molecule has 24 heavy (non-hydrogen) atoms. The Morgan fingerprint density at radius 3 is 1.96 bits per heavy atom. The highest BCUT2D eigenvalue weighted by molar-refractivity contribution is 6.74. The molecule has 140 valence electrons. The van der Waals surface area contributed by atoms with E-state index in [1.807, 2.05) is 12.2 Å². The molecule has 0 aliphatic rings. The SMILES string of the molecule is C=CCC[C@@H](/C=C/[C@](C)(CCC=C)O[Si](C)(C)C(C)(C)C)C(C)C. The van der Waals surface area contributed by atoms with E-state index >= 15 is 0 Å². The lowest BCUT2D eigenvalue weighted by molar-refractivity contribution is 0.112. The van der Waals surface area contributed by atoms with Gasteiger partial charge >= 0.3 is 0 Å². The third-order valence-electron chi connectivity index (χ3n) is 5.40. The van der Waals surface area contributed by atoms with Gasteiger partial charge in [-0.2, -0.15) is 0 Å². The van der Waals surface area contributed by atoms with E-state index in [0.29, 0.717) is 11.8 Å². The summed E-state index contributed by atoms with van der Waals surface area (Å²) in [6, 6.07) is 0. The van der Waals surface area contributed by atoms with Gasteiger partial charge in [0.15, 0.2) is 8.32 Å². The quantitative estimate of drug-likeness (QED) is 0.276. The monoisotopic (exact) mass is 350 g/mol. The molecule has 1 nitrogen and oxygen atoms in total. The summed E-state index contributed by atoms with van der Waals surface area (Å²) in [5, 5.41) is 0.219. The minimum atomic E-state index is -1.82. The van der Waals surface area contributed by atoms with Gasteiger partial charge in [-0.15, -0.1) is 13.2 Å². The van der Waals surface area contributed by atoms with Crippen molar-refractivity contribution in [2.45, 2.75) is 91.0 Å². The summed E-state index contributed by atoms with van der Waals surface area (Å²) in [4.78, 5) is 0. The average molecular weight is 351 g/mol. The predicted molar refractivity (Wildman–Crippen MR) is 113 cm³/mol. The third-order valence-corrected chi connectivity index (χ3v) is 9.98. The van der Waals surface area contributed by atoms with E-state index in [4.69, 9.17) is 4.43 Å². The second kappa shape index (κ2) is 9.77. The van der Waals surface area contributed by atoms with Crippen molar-refractivity contribution in [3.05, 3.63) is 37.5 Å². The summed E-state index contributed by atoms with van der Waals surface area (Å²) in [5.41, 5.74) is -0.210. The lowest BCUT2D eigenvalue weighted by Crippen LogP contribution is -2.48. The van der Waals surface area contributed by atoms with Crippen molar-refractivity contribution in [2.24, 2.45) is 11.8 Å². The molecule has 0 rings (SSSR count). The first-order valence-corrected chi connectivity index (χ1v) is 12.4. The topological polar surface area (TPSA) is 9.23 Å². The molecule has 0 radical (unpaired) electrons. The van der Waals surface area contributed by atoms with E-state index in [2.05, 4.69) is 79.9 Å². The molecule has 0 aliphatic carbocycles. The summed E-state index contributed by atoms with van der Waals surface area (Å²) in [6.45, 7) is 26.2. The maximum atomic E-state index is 6.81. The molecule has 2 heteroatoms. The fourth-order valence-electron chi connectivity index (χ4n) is 2.58. The van der Waals surface area contributed by atoms with Crippen LogP contribution in [0.25, 0.3) is 0 Å². The van der Waals surface area contributed by atoms with Crippen LogP contribution in [-0.4, -0.2) is 13.9 Å². The van der Waals surface area contributed by atoms with Gasteiger partial charge in [0.2, 0.25) is 0 Å². The number of allylic oxidation sites excluding steroid dienone is 3. The van der Waals surface area contributed by atoms with Crippen molar-refractivity contribution in [2.75, 3.05) is 0 Å². The molecule has 0 aromatic carbocycles. The minimum Gasteiger partial charge on any atom is -0.408 e. The van der Waals surface area contributed by atoms with Gasteiger partial charge in [-0.3, -0.25) is 0 Å². The van der Waals surface area contributed by atoms with E-state index in [-0.39, 0.29) is 10.6 Å². The molecular weight excluding hydrogens is 308 g/mol. The first-order valence-electron chi connectivity index (χ1n) is 9.50. The van der Waals surface area contributed by atoms with Crippen LogP contribution in [0.15, 0.2) is 37.5 Å². The normalized spacial score (nSPS) is 17.0. The Labute approximate surface area is 153 Å². The Kier molecular flexibility index (Phi) is 9.52. The van der Waals surface area contributed by atoms with E-state index < -0.39 is 8.32 Å². The maximum absolute atomic E-state index is 6.81. The predicted octanol–water partition coefficient (Wildman–Crippen LogP) is 7.53. The van der Waals surface area contributed by atoms with E-state index in [0.717, 1.165) is 25.7 Å². The van der Waals surface area contributed by atoms with Crippen molar-refractivity contribution in [1.82, 2.24) is 0 Å². The van der Waals surface area contributed by atoms with Crippen molar-refractivity contribution < 1.29 is 4.43 Å². The van der Waals surface area contributed by atoms with Gasteiger partial charge in [0.1, 0.15) is 0 Å². The molecule has 0 aliphatic heterocycles. The van der Waals surface area contributed by atoms with Crippen LogP contribution in [-0.2, 0) is 4.43 Å². The zero-order chi connectivity index (χ0) is 19.0. The fourth-order valence-corrected chi connectivity index (χ4v) is 4.22. The van der Waals surface area contributed by atoms with Gasteiger partial charge in [0.05, 0.1) is 5.60 Å². The van der Waals surface area contributed by atoms with E-state index in [1.165, 1.54) is 0 Å². The Morgan fingerprint density at radius 1 is 1.00 bits per heavy atom. The van der Waals surface area contributed by atoms with Gasteiger partial charge in [0, 0.05) is 0 Å². The Bertz CT molecular complexity index is 414. The Balaban J connectivity index is 5.38. The molecule has 0 aromatic rings. The summed E-state index contributed by atoms with van der Waals surface area (Å²) >= 11 is 0. The van der Waals surface area contributed by atoms with Crippen LogP contribution < -0.4 is 0 Å². The van der Waals surface area contributed by atoms with Crippen LogP contribution in [0.4, 0.5) is 0 Å². The first-order chi connectivity index (χ1) is 10.9.